The van der Waals surface area contributed by atoms with Crippen LogP contribution in [0.15, 0.2) is 168 Å². The molecule has 250 valence electrons. The van der Waals surface area contributed by atoms with Gasteiger partial charge in [0.1, 0.15) is 5.58 Å². The third kappa shape index (κ3) is 4.67. The molecule has 0 saturated heterocycles. The molecule has 0 saturated carbocycles. The molecule has 7 aromatic carbocycles. The smallest absolute Gasteiger partial charge is 0.165 e. The number of hydrogen-bond donors (Lipinski definition) is 0. The zero-order chi connectivity index (χ0) is 35.0. The van der Waals surface area contributed by atoms with Crippen LogP contribution in [0.25, 0.3) is 77.6 Å². The lowest BCUT2D eigenvalue weighted by molar-refractivity contribution is 0.669. The van der Waals surface area contributed by atoms with Crippen molar-refractivity contribution in [2.75, 3.05) is 4.90 Å². The molecule has 9 aromatic rings. The number of aromatic nitrogens is 3. The van der Waals surface area contributed by atoms with Crippen molar-refractivity contribution >= 4 is 66.5 Å². The molecule has 0 fully saturated rings. The molecule has 0 spiro atoms. The second-order valence-corrected chi connectivity index (χ2v) is 14.0. The van der Waals surface area contributed by atoms with E-state index in [-0.39, 0.29) is 12.0 Å². The number of rotatable bonds is 4. The van der Waals surface area contributed by atoms with Gasteiger partial charge >= 0.3 is 0 Å². The fraction of sp³-hybridized carbons (Fsp3) is 0.0426. The first-order chi connectivity index (χ1) is 26.2. The average Bonchev–Trinajstić information content (AvgIpc) is 3.77. The lowest BCUT2D eigenvalue weighted by Gasteiger charge is -2.28. The van der Waals surface area contributed by atoms with Crippen LogP contribution in [0.4, 0.5) is 11.4 Å². The Kier molecular flexibility index (Phi) is 6.67. The Balaban J connectivity index is 1.13. The normalized spacial score (nSPS) is 16.2. The van der Waals surface area contributed by atoms with Gasteiger partial charge in [-0.15, -0.1) is 0 Å². The van der Waals surface area contributed by atoms with E-state index < -0.39 is 0 Å². The van der Waals surface area contributed by atoms with Crippen LogP contribution in [0, 0.1) is 0 Å². The maximum Gasteiger partial charge on any atom is 0.165 e. The summed E-state index contributed by atoms with van der Waals surface area (Å²) in [5.74, 6) is 1.88. The van der Waals surface area contributed by atoms with E-state index >= 15 is 0 Å². The summed E-state index contributed by atoms with van der Waals surface area (Å²) in [5.41, 5.74) is 7.47. The number of halogens is 1. The van der Waals surface area contributed by atoms with Crippen molar-refractivity contribution in [3.8, 4) is 34.2 Å². The minimum absolute atomic E-state index is 0.180. The molecule has 0 bridgehead atoms. The first-order valence-corrected chi connectivity index (χ1v) is 18.2. The molecule has 53 heavy (non-hydrogen) atoms. The van der Waals surface area contributed by atoms with E-state index in [1.54, 1.807) is 0 Å². The molecule has 2 unspecified atom stereocenters. The molecule has 1 aliphatic heterocycles. The highest BCUT2D eigenvalue weighted by atomic mass is 35.5. The Bertz CT molecular complexity index is 3000. The van der Waals surface area contributed by atoms with E-state index in [1.807, 2.05) is 24.3 Å². The van der Waals surface area contributed by atoms with Crippen LogP contribution < -0.4 is 4.90 Å². The van der Waals surface area contributed by atoms with Gasteiger partial charge in [-0.25, -0.2) is 15.0 Å². The van der Waals surface area contributed by atoms with Crippen LogP contribution >= 0.6 is 11.6 Å². The van der Waals surface area contributed by atoms with Crippen molar-refractivity contribution < 1.29 is 4.42 Å². The van der Waals surface area contributed by atoms with Gasteiger partial charge in [0.2, 0.25) is 0 Å². The molecule has 0 N–H and O–H groups in total. The number of nitrogens with zero attached hydrogens (tertiary/aromatic N) is 4. The fourth-order valence-electron chi connectivity index (χ4n) is 8.28. The minimum Gasteiger partial charge on any atom is -0.454 e. The Hall–Kier alpha value is -6.56. The summed E-state index contributed by atoms with van der Waals surface area (Å²) in [6.45, 7) is 0. The van der Waals surface area contributed by atoms with E-state index in [9.17, 15) is 0 Å². The van der Waals surface area contributed by atoms with E-state index in [0.717, 1.165) is 60.4 Å². The number of allylic oxidation sites excluding steroid dienone is 2. The summed E-state index contributed by atoms with van der Waals surface area (Å²) >= 11 is 7.31. The molecule has 2 aromatic heterocycles. The molecular weight excluding hydrogens is 672 g/mol. The van der Waals surface area contributed by atoms with Gasteiger partial charge in [-0.3, -0.25) is 0 Å². The lowest BCUT2D eigenvalue weighted by atomic mass is 9.91. The zero-order valence-corrected chi connectivity index (χ0v) is 29.1. The van der Waals surface area contributed by atoms with Crippen LogP contribution in [0.5, 0.6) is 0 Å². The third-order valence-electron chi connectivity index (χ3n) is 10.7. The number of furan rings is 1. The van der Waals surface area contributed by atoms with E-state index in [4.69, 9.17) is 31.0 Å². The summed E-state index contributed by atoms with van der Waals surface area (Å²) in [7, 11) is 0. The molecule has 1 aliphatic carbocycles. The van der Waals surface area contributed by atoms with Crippen molar-refractivity contribution in [1.82, 2.24) is 15.0 Å². The van der Waals surface area contributed by atoms with Gasteiger partial charge in [0.15, 0.2) is 23.1 Å². The van der Waals surface area contributed by atoms with E-state index in [2.05, 4.69) is 144 Å². The van der Waals surface area contributed by atoms with Crippen molar-refractivity contribution in [1.29, 1.82) is 0 Å². The first kappa shape index (κ1) is 30.1. The topological polar surface area (TPSA) is 55.1 Å². The summed E-state index contributed by atoms with van der Waals surface area (Å²) in [6.07, 6.45) is 8.87. The first-order valence-electron chi connectivity index (χ1n) is 17.8. The van der Waals surface area contributed by atoms with E-state index in [0.29, 0.717) is 33.6 Å². The summed E-state index contributed by atoms with van der Waals surface area (Å²) in [6, 6.07) is 48.4. The van der Waals surface area contributed by atoms with Crippen molar-refractivity contribution in [2.24, 2.45) is 0 Å². The highest BCUT2D eigenvalue weighted by Gasteiger charge is 2.37. The van der Waals surface area contributed by atoms with Gasteiger partial charge in [-0.1, -0.05) is 139 Å². The predicted octanol–water partition coefficient (Wildman–Crippen LogP) is 12.5. The lowest BCUT2D eigenvalue weighted by Crippen LogP contribution is -2.28. The maximum absolute atomic E-state index is 7.31. The SMILES string of the molecule is Clc1c(-c2nc(-c3ccc4c(c3)N(c3ccccc3)C3C=CC=CC43)nc(-c3cccc4ccccc34)n2)ccc2c1oc1ccc3ccccc3c12. The summed E-state index contributed by atoms with van der Waals surface area (Å²) in [4.78, 5) is 17.9. The van der Waals surface area contributed by atoms with Crippen LogP contribution in [-0.4, -0.2) is 21.0 Å². The van der Waals surface area contributed by atoms with E-state index in [1.165, 1.54) is 5.56 Å². The molecule has 5 nitrogen and oxygen atoms in total. The number of para-hydroxylation sites is 1. The molecule has 2 aliphatic rings. The Morgan fingerprint density at radius 1 is 0.566 bits per heavy atom. The van der Waals surface area contributed by atoms with Crippen LogP contribution in [0.1, 0.15) is 11.5 Å². The highest BCUT2D eigenvalue weighted by Crippen LogP contribution is 2.49. The van der Waals surface area contributed by atoms with Gasteiger partial charge in [0.05, 0.1) is 11.1 Å². The standard InChI is InChI=1S/C47H29ClN4O/c48-43-38(25-24-37-42-33-17-7-5-12-29(33)22-26-41(42)53-44(37)43)47-50-45(49-46(51-47)36-19-10-13-28-11-4-6-16-32(28)36)30-21-23-35-34-18-8-9-20-39(34)52(40(35)27-30)31-14-2-1-3-15-31/h1-27,34,39H. The summed E-state index contributed by atoms with van der Waals surface area (Å²) in [5, 5.41) is 6.92. The van der Waals surface area contributed by atoms with Gasteiger partial charge in [-0.2, -0.15) is 0 Å². The molecule has 0 radical (unpaired) electrons. The zero-order valence-electron chi connectivity index (χ0n) is 28.3. The van der Waals surface area contributed by atoms with Crippen molar-refractivity contribution in [3.05, 3.63) is 174 Å². The quantitative estimate of drug-likeness (QED) is 0.183. The molecule has 11 rings (SSSR count). The molecule has 0 amide bonds. The molecule has 3 heterocycles. The van der Waals surface area contributed by atoms with Gasteiger partial charge in [-0.05, 0) is 63.5 Å². The Morgan fingerprint density at radius 2 is 1.28 bits per heavy atom. The van der Waals surface area contributed by atoms with Crippen LogP contribution in [0.2, 0.25) is 5.02 Å². The van der Waals surface area contributed by atoms with Gasteiger partial charge in [0, 0.05) is 44.8 Å². The van der Waals surface area contributed by atoms with Gasteiger partial charge in [0.25, 0.3) is 0 Å². The minimum atomic E-state index is 0.180. The number of fused-ring (bicyclic) bond motifs is 9. The van der Waals surface area contributed by atoms with Gasteiger partial charge < -0.3 is 9.32 Å². The van der Waals surface area contributed by atoms with Crippen molar-refractivity contribution in [3.63, 3.8) is 0 Å². The van der Waals surface area contributed by atoms with Crippen LogP contribution in [-0.2, 0) is 0 Å². The number of anilines is 2. The van der Waals surface area contributed by atoms with Crippen LogP contribution in [0.3, 0.4) is 0 Å². The number of hydrogen-bond acceptors (Lipinski definition) is 5. The predicted molar refractivity (Wildman–Crippen MR) is 217 cm³/mol. The maximum atomic E-state index is 7.31. The summed E-state index contributed by atoms with van der Waals surface area (Å²) < 4.78 is 6.47. The number of benzene rings is 7. The third-order valence-corrected chi connectivity index (χ3v) is 11.1. The second kappa shape index (κ2) is 11.7. The Morgan fingerprint density at radius 3 is 2.15 bits per heavy atom. The molecule has 2 atom stereocenters. The highest BCUT2D eigenvalue weighted by molar-refractivity contribution is 6.39. The monoisotopic (exact) mass is 700 g/mol. The fourth-order valence-corrected chi connectivity index (χ4v) is 8.57. The molecule has 6 heteroatoms. The second-order valence-electron chi connectivity index (χ2n) is 13.7. The molecular formula is C47H29ClN4O. The largest absolute Gasteiger partial charge is 0.454 e. The Labute approximate surface area is 310 Å². The van der Waals surface area contributed by atoms with Crippen molar-refractivity contribution in [2.45, 2.75) is 12.0 Å². The average molecular weight is 701 g/mol.